The van der Waals surface area contributed by atoms with Crippen molar-refractivity contribution < 1.29 is 4.79 Å². The number of rotatable bonds is 4. The molecule has 16 heavy (non-hydrogen) atoms. The van der Waals surface area contributed by atoms with Crippen molar-refractivity contribution in [1.29, 1.82) is 5.26 Å². The van der Waals surface area contributed by atoms with Gasteiger partial charge in [0.1, 0.15) is 0 Å². The summed E-state index contributed by atoms with van der Waals surface area (Å²) in [6.45, 7) is 3.98. The highest BCUT2D eigenvalue weighted by Gasteiger charge is 2.09. The van der Waals surface area contributed by atoms with E-state index in [2.05, 4.69) is 13.0 Å². The summed E-state index contributed by atoms with van der Waals surface area (Å²) in [5.41, 5.74) is 2.65. The third-order valence-corrected chi connectivity index (χ3v) is 2.45. The van der Waals surface area contributed by atoms with Crippen molar-refractivity contribution in [3.05, 3.63) is 41.0 Å². The second-order valence-electron chi connectivity index (χ2n) is 3.59. The first kappa shape index (κ1) is 12.2. The summed E-state index contributed by atoms with van der Waals surface area (Å²) in [6.07, 6.45) is 4.98. The second-order valence-corrected chi connectivity index (χ2v) is 3.59. The molecular formula is C14H15NO. The molecule has 2 nitrogen and oxygen atoms in total. The molecule has 0 aliphatic rings. The van der Waals surface area contributed by atoms with Crippen LogP contribution in [-0.4, -0.2) is 5.78 Å². The fourth-order valence-electron chi connectivity index (χ4n) is 1.55. The van der Waals surface area contributed by atoms with E-state index in [1.54, 1.807) is 6.07 Å². The maximum Gasteiger partial charge on any atom is 0.177 e. The minimum absolute atomic E-state index is 0.0538. The van der Waals surface area contributed by atoms with Crippen molar-refractivity contribution >= 4 is 11.9 Å². The molecule has 82 valence electrons. The molecule has 0 saturated heterocycles. The van der Waals surface area contributed by atoms with E-state index >= 15 is 0 Å². The molecule has 2 heteroatoms. The van der Waals surface area contributed by atoms with Gasteiger partial charge in [0.25, 0.3) is 0 Å². The summed E-state index contributed by atoms with van der Waals surface area (Å²) in [4.78, 5) is 11.6. The lowest BCUT2D eigenvalue weighted by Gasteiger charge is -2.05. The topological polar surface area (TPSA) is 40.9 Å². The van der Waals surface area contributed by atoms with Gasteiger partial charge in [0, 0.05) is 5.56 Å². The lowest BCUT2D eigenvalue weighted by molar-refractivity contribution is 0.0997. The first-order chi connectivity index (χ1) is 7.70. The van der Waals surface area contributed by atoms with Gasteiger partial charge in [0.15, 0.2) is 5.78 Å². The number of benzene rings is 1. The van der Waals surface area contributed by atoms with Crippen molar-refractivity contribution in [2.75, 3.05) is 0 Å². The Morgan fingerprint density at radius 1 is 1.50 bits per heavy atom. The van der Waals surface area contributed by atoms with E-state index in [1.807, 2.05) is 31.2 Å². The highest BCUT2D eigenvalue weighted by molar-refractivity contribution is 5.99. The zero-order chi connectivity index (χ0) is 12.0. The minimum Gasteiger partial charge on any atom is -0.293 e. The van der Waals surface area contributed by atoms with Crippen LogP contribution in [0.2, 0.25) is 0 Å². The Morgan fingerprint density at radius 2 is 2.25 bits per heavy atom. The number of Topliss-reactive ketones (excluding diaryl/α,β-unsaturated/α-hetero) is 1. The lowest BCUT2D eigenvalue weighted by atomic mass is 9.98. The zero-order valence-corrected chi connectivity index (χ0v) is 9.66. The number of hydrogen-bond acceptors (Lipinski definition) is 2. The number of nitrogens with zero attached hydrogens (tertiary/aromatic N) is 1. The van der Waals surface area contributed by atoms with Crippen LogP contribution in [0.15, 0.2) is 24.3 Å². The van der Waals surface area contributed by atoms with E-state index < -0.39 is 0 Å². The van der Waals surface area contributed by atoms with E-state index in [9.17, 15) is 4.79 Å². The molecule has 0 saturated carbocycles. The van der Waals surface area contributed by atoms with Crippen molar-refractivity contribution in [2.24, 2.45) is 0 Å². The molecule has 0 aliphatic heterocycles. The number of hydrogen-bond donors (Lipinski definition) is 0. The molecule has 1 aromatic carbocycles. The molecule has 0 spiro atoms. The molecule has 0 radical (unpaired) electrons. The Balaban J connectivity index is 3.09. The third-order valence-electron chi connectivity index (χ3n) is 2.45. The monoisotopic (exact) mass is 213 g/mol. The predicted octanol–water partition coefficient (Wildman–Crippen LogP) is 3.51. The molecule has 0 bridgehead atoms. The van der Waals surface area contributed by atoms with Gasteiger partial charge in [0.2, 0.25) is 0 Å². The first-order valence-corrected chi connectivity index (χ1v) is 5.37. The average Bonchev–Trinajstić information content (AvgIpc) is 2.28. The van der Waals surface area contributed by atoms with Crippen LogP contribution in [0.4, 0.5) is 0 Å². The second kappa shape index (κ2) is 5.87. The van der Waals surface area contributed by atoms with Gasteiger partial charge >= 0.3 is 0 Å². The fourth-order valence-corrected chi connectivity index (χ4v) is 1.55. The summed E-state index contributed by atoms with van der Waals surface area (Å²) in [6, 6.07) is 7.50. The summed E-state index contributed by atoms with van der Waals surface area (Å²) in [5, 5.41) is 8.51. The van der Waals surface area contributed by atoms with Gasteiger partial charge in [-0.15, -0.1) is 0 Å². The molecule has 0 atom stereocenters. The Bertz CT molecular complexity index is 452. The Labute approximate surface area is 96.2 Å². The number of ketones is 1. The Hall–Kier alpha value is -1.88. The molecular weight excluding hydrogens is 198 g/mol. The number of nitriles is 1. The number of allylic oxidation sites excluding steroid dienone is 1. The van der Waals surface area contributed by atoms with E-state index in [1.165, 1.54) is 0 Å². The third kappa shape index (κ3) is 2.80. The molecule has 0 unspecified atom stereocenters. The minimum atomic E-state index is -0.105. The van der Waals surface area contributed by atoms with Gasteiger partial charge in [-0.25, -0.2) is 0 Å². The largest absolute Gasteiger partial charge is 0.293 e. The normalized spacial score (nSPS) is 10.3. The lowest BCUT2D eigenvalue weighted by Crippen LogP contribution is -2.01. The standard InChI is InChI=1S/C14H15NO/c1-3-4-6-12-7-5-8-13(11(12)2)14(16)9-10-15/h4-8H,3,9H2,1-2H3/b6-4-. The zero-order valence-electron chi connectivity index (χ0n) is 9.66. The van der Waals surface area contributed by atoms with Crippen molar-refractivity contribution in [3.63, 3.8) is 0 Å². The Kier molecular flexibility index (Phi) is 4.47. The van der Waals surface area contributed by atoms with Crippen LogP contribution in [-0.2, 0) is 0 Å². The molecule has 0 aliphatic carbocycles. The highest BCUT2D eigenvalue weighted by Crippen LogP contribution is 2.17. The summed E-state index contributed by atoms with van der Waals surface area (Å²) in [5.74, 6) is -0.105. The number of carbonyl (C=O) groups excluding carboxylic acids is 1. The van der Waals surface area contributed by atoms with Gasteiger partial charge in [0.05, 0.1) is 12.5 Å². The Morgan fingerprint density at radius 3 is 2.88 bits per heavy atom. The molecule has 1 rings (SSSR count). The highest BCUT2D eigenvalue weighted by atomic mass is 16.1. The van der Waals surface area contributed by atoms with E-state index in [-0.39, 0.29) is 12.2 Å². The van der Waals surface area contributed by atoms with Crippen LogP contribution in [0, 0.1) is 18.3 Å². The van der Waals surface area contributed by atoms with E-state index in [4.69, 9.17) is 5.26 Å². The number of carbonyl (C=O) groups is 1. The molecule has 0 amide bonds. The van der Waals surface area contributed by atoms with Crippen LogP contribution in [0.1, 0.15) is 41.3 Å². The summed E-state index contributed by atoms with van der Waals surface area (Å²) >= 11 is 0. The maximum atomic E-state index is 11.6. The van der Waals surface area contributed by atoms with E-state index in [0.717, 1.165) is 17.5 Å². The average molecular weight is 213 g/mol. The molecule has 0 heterocycles. The van der Waals surface area contributed by atoms with Crippen molar-refractivity contribution in [1.82, 2.24) is 0 Å². The van der Waals surface area contributed by atoms with Gasteiger partial charge < -0.3 is 0 Å². The smallest absolute Gasteiger partial charge is 0.177 e. The first-order valence-electron chi connectivity index (χ1n) is 5.37. The molecule has 1 aromatic rings. The van der Waals surface area contributed by atoms with Crippen LogP contribution in [0.5, 0.6) is 0 Å². The van der Waals surface area contributed by atoms with Crippen molar-refractivity contribution in [3.8, 4) is 6.07 Å². The predicted molar refractivity (Wildman–Crippen MR) is 65.1 cm³/mol. The van der Waals surface area contributed by atoms with E-state index in [0.29, 0.717) is 5.56 Å². The quantitative estimate of drug-likeness (QED) is 0.718. The SMILES string of the molecule is CC/C=C\c1cccc(C(=O)CC#N)c1C. The van der Waals surface area contributed by atoms with Gasteiger partial charge in [-0.2, -0.15) is 5.26 Å². The van der Waals surface area contributed by atoms with Crippen LogP contribution in [0.25, 0.3) is 6.08 Å². The van der Waals surface area contributed by atoms with Crippen LogP contribution >= 0.6 is 0 Å². The summed E-state index contributed by atoms with van der Waals surface area (Å²) in [7, 11) is 0. The summed E-state index contributed by atoms with van der Waals surface area (Å²) < 4.78 is 0. The molecule has 0 aromatic heterocycles. The molecule has 0 fully saturated rings. The maximum absolute atomic E-state index is 11.6. The van der Waals surface area contributed by atoms with Crippen LogP contribution < -0.4 is 0 Å². The van der Waals surface area contributed by atoms with Gasteiger partial charge in [-0.3, -0.25) is 4.79 Å². The van der Waals surface area contributed by atoms with Crippen molar-refractivity contribution in [2.45, 2.75) is 26.7 Å². The van der Waals surface area contributed by atoms with Gasteiger partial charge in [-0.05, 0) is 24.5 Å². The van der Waals surface area contributed by atoms with Gasteiger partial charge in [-0.1, -0.05) is 37.3 Å². The molecule has 0 N–H and O–H groups in total. The van der Waals surface area contributed by atoms with Crippen LogP contribution in [0.3, 0.4) is 0 Å². The fraction of sp³-hybridized carbons (Fsp3) is 0.286.